The number of aromatic nitrogens is 6. The number of likely N-dealkylation sites (tertiary alicyclic amines) is 1. The number of pyridine rings is 2. The van der Waals surface area contributed by atoms with E-state index in [9.17, 15) is 18.3 Å². The molecule has 0 spiro atoms. The smallest absolute Gasteiger partial charge is 0.172 e. The third-order valence-electron chi connectivity index (χ3n) is 7.54. The number of fused-ring (bicyclic) bond motifs is 1. The van der Waals surface area contributed by atoms with Gasteiger partial charge in [0.2, 0.25) is 0 Å². The molecule has 6 heterocycles. The highest BCUT2D eigenvalue weighted by Crippen LogP contribution is 2.34. The lowest BCUT2D eigenvalue weighted by molar-refractivity contribution is -0.0735. The number of piperidine rings is 1. The Bertz CT molecular complexity index is 1510. The highest BCUT2D eigenvalue weighted by atomic mass is 19.1. The van der Waals surface area contributed by atoms with Crippen LogP contribution >= 0.6 is 0 Å². The molecule has 6 rings (SSSR count). The Balaban J connectivity index is 1.26. The van der Waals surface area contributed by atoms with Crippen LogP contribution in [0.4, 0.5) is 13.2 Å². The second-order valence-corrected chi connectivity index (χ2v) is 10.4. The molecule has 0 unspecified atom stereocenters. The number of aliphatic hydroxyl groups is 1. The molecule has 0 aromatic carbocycles. The maximum Gasteiger partial charge on any atom is 0.172 e. The van der Waals surface area contributed by atoms with Gasteiger partial charge in [-0.3, -0.25) is 9.88 Å². The van der Waals surface area contributed by atoms with Gasteiger partial charge in [-0.25, -0.2) is 22.4 Å². The summed E-state index contributed by atoms with van der Waals surface area (Å²) >= 11 is 0. The van der Waals surface area contributed by atoms with E-state index < -0.39 is 29.7 Å². The molecule has 206 valence electrons. The minimum Gasteiger partial charge on any atom is -0.488 e. The molecule has 0 aliphatic carbocycles. The van der Waals surface area contributed by atoms with Crippen LogP contribution in [0.25, 0.3) is 16.8 Å². The van der Waals surface area contributed by atoms with Gasteiger partial charge in [-0.1, -0.05) is 5.21 Å². The average molecular weight is 544 g/mol. The maximum absolute atomic E-state index is 14.7. The minimum absolute atomic E-state index is 0.0412. The van der Waals surface area contributed by atoms with E-state index in [0.29, 0.717) is 23.4 Å². The van der Waals surface area contributed by atoms with E-state index in [4.69, 9.17) is 9.47 Å². The van der Waals surface area contributed by atoms with Crippen molar-refractivity contribution in [3.63, 3.8) is 0 Å². The predicted octanol–water partition coefficient (Wildman–Crippen LogP) is 3.04. The molecule has 2 fully saturated rings. The number of ether oxygens (including phenoxy) is 2. The van der Waals surface area contributed by atoms with Gasteiger partial charge >= 0.3 is 0 Å². The van der Waals surface area contributed by atoms with Gasteiger partial charge in [0.05, 0.1) is 43.4 Å². The Kier molecular flexibility index (Phi) is 6.52. The monoisotopic (exact) mass is 543 g/mol. The summed E-state index contributed by atoms with van der Waals surface area (Å²) in [6, 6.07) is 2.93. The van der Waals surface area contributed by atoms with Gasteiger partial charge in [-0.05, 0) is 32.8 Å². The fourth-order valence-corrected chi connectivity index (χ4v) is 5.27. The number of hydrogen-bond donors (Lipinski definition) is 1. The molecule has 39 heavy (non-hydrogen) atoms. The maximum atomic E-state index is 14.7. The molecular weight excluding hydrogens is 515 g/mol. The fraction of sp³-hybridized carbons (Fsp3) is 0.462. The molecule has 1 N–H and O–H groups in total. The van der Waals surface area contributed by atoms with Crippen LogP contribution in [0.15, 0.2) is 30.7 Å². The first-order valence-corrected chi connectivity index (χ1v) is 12.8. The van der Waals surface area contributed by atoms with Crippen LogP contribution in [-0.4, -0.2) is 78.6 Å². The highest BCUT2D eigenvalue weighted by molar-refractivity contribution is 5.70. The quantitative estimate of drug-likeness (QED) is 0.380. The van der Waals surface area contributed by atoms with Crippen molar-refractivity contribution < 1.29 is 27.8 Å². The van der Waals surface area contributed by atoms with E-state index in [1.165, 1.54) is 11.4 Å². The van der Waals surface area contributed by atoms with E-state index in [1.54, 1.807) is 12.3 Å². The molecule has 4 aromatic rings. The summed E-state index contributed by atoms with van der Waals surface area (Å²) in [4.78, 5) is 6.13. The molecule has 0 saturated carbocycles. The molecule has 2 aliphatic rings. The van der Waals surface area contributed by atoms with Gasteiger partial charge < -0.3 is 14.6 Å². The number of halogens is 3. The predicted molar refractivity (Wildman–Crippen MR) is 133 cm³/mol. The van der Waals surface area contributed by atoms with Crippen molar-refractivity contribution in [1.82, 2.24) is 34.5 Å². The average Bonchev–Trinajstić information content (AvgIpc) is 3.44. The second kappa shape index (κ2) is 9.88. The van der Waals surface area contributed by atoms with E-state index in [-0.39, 0.29) is 23.0 Å². The summed E-state index contributed by atoms with van der Waals surface area (Å²) < 4.78 is 56.6. The van der Waals surface area contributed by atoms with Crippen LogP contribution in [0.3, 0.4) is 0 Å². The van der Waals surface area contributed by atoms with Crippen LogP contribution in [-0.2, 0) is 10.3 Å². The highest BCUT2D eigenvalue weighted by Gasteiger charge is 2.32. The minimum atomic E-state index is -1.93. The zero-order valence-corrected chi connectivity index (χ0v) is 21.5. The number of hydrogen-bond acceptors (Lipinski definition) is 8. The fourth-order valence-electron chi connectivity index (χ4n) is 5.27. The topological polar surface area (TPSA) is 103 Å². The Labute approximate surface area is 222 Å². The zero-order chi connectivity index (χ0) is 27.3. The van der Waals surface area contributed by atoms with Crippen LogP contribution in [0.1, 0.15) is 37.2 Å². The van der Waals surface area contributed by atoms with Crippen LogP contribution in [0.5, 0.6) is 5.75 Å². The van der Waals surface area contributed by atoms with Crippen molar-refractivity contribution in [2.45, 2.75) is 44.4 Å². The van der Waals surface area contributed by atoms with Gasteiger partial charge in [0.15, 0.2) is 11.6 Å². The number of rotatable bonds is 7. The molecule has 13 heteroatoms. The number of nitrogens with zero attached hydrogens (tertiary/aromatic N) is 7. The Morgan fingerprint density at radius 1 is 1.10 bits per heavy atom. The molecule has 4 aromatic heterocycles. The Hall–Kier alpha value is -3.55. The van der Waals surface area contributed by atoms with Crippen molar-refractivity contribution in [1.29, 1.82) is 0 Å². The summed E-state index contributed by atoms with van der Waals surface area (Å²) in [6.07, 6.45) is 5.38. The van der Waals surface area contributed by atoms with Gasteiger partial charge in [-0.2, -0.15) is 5.10 Å². The lowest BCUT2D eigenvalue weighted by Crippen LogP contribution is -2.52. The van der Waals surface area contributed by atoms with Crippen molar-refractivity contribution in [3.05, 3.63) is 59.6 Å². The molecule has 2 aliphatic heterocycles. The lowest BCUT2D eigenvalue weighted by Gasteiger charge is -2.41. The van der Waals surface area contributed by atoms with Crippen molar-refractivity contribution in [3.8, 4) is 17.0 Å². The van der Waals surface area contributed by atoms with Crippen LogP contribution < -0.4 is 4.74 Å². The normalized spacial score (nSPS) is 18.8. The van der Waals surface area contributed by atoms with E-state index >= 15 is 0 Å². The Morgan fingerprint density at radius 2 is 1.87 bits per heavy atom. The van der Waals surface area contributed by atoms with Gasteiger partial charge in [0, 0.05) is 30.9 Å². The second-order valence-electron chi connectivity index (χ2n) is 10.4. The molecule has 0 amide bonds. The first kappa shape index (κ1) is 25.7. The SMILES string of the molecule is Cc1c(-c2cc(OC[C@](C)(O)c3ncc(F)cc3F)c3c(F)cnn3c2)nnn1C1CCN(C2COC2)CC1. The van der Waals surface area contributed by atoms with Crippen molar-refractivity contribution >= 4 is 5.52 Å². The molecular formula is C26H28F3N7O3. The summed E-state index contributed by atoms with van der Waals surface area (Å²) in [5, 5.41) is 23.8. The van der Waals surface area contributed by atoms with Crippen LogP contribution in [0.2, 0.25) is 0 Å². The first-order chi connectivity index (χ1) is 18.7. The standard InChI is InChI=1S/C26H28F3N7O3/c1-15-23(32-33-36(15)18-3-5-34(6-4-18)19-12-38-13-19)16-7-22(24-21(29)10-31-35(24)11-16)39-14-26(2,37)25-20(28)8-17(27)9-30-25/h7-11,18-19,37H,3-6,12-14H2,1-2H3/t26-/m0/s1. The van der Waals surface area contributed by atoms with Gasteiger partial charge in [0.25, 0.3) is 0 Å². The largest absolute Gasteiger partial charge is 0.488 e. The van der Waals surface area contributed by atoms with E-state index in [2.05, 4.69) is 25.3 Å². The first-order valence-electron chi connectivity index (χ1n) is 12.8. The van der Waals surface area contributed by atoms with Crippen LogP contribution in [0, 0.1) is 24.4 Å². The third kappa shape index (κ3) is 4.74. The van der Waals surface area contributed by atoms with E-state index in [1.807, 2.05) is 11.6 Å². The lowest BCUT2D eigenvalue weighted by atomic mass is 10.0. The molecule has 0 bridgehead atoms. The molecule has 0 radical (unpaired) electrons. The van der Waals surface area contributed by atoms with E-state index in [0.717, 1.165) is 57.2 Å². The van der Waals surface area contributed by atoms with Crippen molar-refractivity contribution in [2.24, 2.45) is 0 Å². The molecule has 10 nitrogen and oxygen atoms in total. The van der Waals surface area contributed by atoms with Gasteiger partial charge in [-0.15, -0.1) is 5.10 Å². The molecule has 1 atom stereocenters. The summed E-state index contributed by atoms with van der Waals surface area (Å²) in [5.41, 5.74) is -0.257. The third-order valence-corrected chi connectivity index (χ3v) is 7.54. The Morgan fingerprint density at radius 3 is 2.56 bits per heavy atom. The zero-order valence-electron chi connectivity index (χ0n) is 21.5. The summed E-state index contributed by atoms with van der Waals surface area (Å²) in [6.45, 7) is 6.25. The summed E-state index contributed by atoms with van der Waals surface area (Å²) in [7, 11) is 0. The molecule has 2 saturated heterocycles. The summed E-state index contributed by atoms with van der Waals surface area (Å²) in [5.74, 6) is -2.45. The van der Waals surface area contributed by atoms with Crippen molar-refractivity contribution in [2.75, 3.05) is 32.9 Å². The van der Waals surface area contributed by atoms with Gasteiger partial charge in [0.1, 0.15) is 40.7 Å².